The van der Waals surface area contributed by atoms with Gasteiger partial charge in [0.2, 0.25) is 0 Å². The highest BCUT2D eigenvalue weighted by Crippen LogP contribution is 2.35. The number of nitro benzene ring substituents is 1. The van der Waals surface area contributed by atoms with Gasteiger partial charge in [0.05, 0.1) is 12.0 Å². The zero-order chi connectivity index (χ0) is 15.4. The van der Waals surface area contributed by atoms with E-state index in [0.29, 0.717) is 12.0 Å². The van der Waals surface area contributed by atoms with E-state index in [1.54, 1.807) is 18.3 Å². The average Bonchev–Trinajstić information content (AvgIpc) is 2.47. The lowest BCUT2D eigenvalue weighted by molar-refractivity contribution is -0.385. The van der Waals surface area contributed by atoms with Crippen LogP contribution in [0.15, 0.2) is 30.5 Å². The Hall–Kier alpha value is -2.50. The molecule has 0 saturated carbocycles. The molecular weight excluding hydrogens is 275 g/mol. The van der Waals surface area contributed by atoms with Crippen LogP contribution in [0.2, 0.25) is 0 Å². The van der Waals surface area contributed by atoms with Crippen LogP contribution < -0.4 is 4.74 Å². The summed E-state index contributed by atoms with van der Waals surface area (Å²) in [5.41, 5.74) is 1.19. The average molecular weight is 290 g/mol. The molecule has 0 N–H and O–H groups in total. The first kappa shape index (κ1) is 14.9. The normalized spacial score (nSPS) is 10.4. The first-order valence-corrected chi connectivity index (χ1v) is 6.54. The molecule has 0 fully saturated rings. The van der Waals surface area contributed by atoms with Gasteiger partial charge in [0.1, 0.15) is 5.82 Å². The molecule has 0 aliphatic heterocycles. The molecule has 0 bridgehead atoms. The standard InChI is InChI=1S/C15H15FN2O3/c1-3-5-13-10(6-4-7-17-13)11-8-14(18(19)20)15(21-2)9-12(11)16/h4,6-9H,3,5H2,1-2H3. The lowest BCUT2D eigenvalue weighted by atomic mass is 10.00. The first-order chi connectivity index (χ1) is 10.1. The molecule has 2 aromatic rings. The maximum absolute atomic E-state index is 14.3. The molecule has 0 aliphatic carbocycles. The van der Waals surface area contributed by atoms with Crippen molar-refractivity contribution in [2.24, 2.45) is 0 Å². The largest absolute Gasteiger partial charge is 0.490 e. The number of ether oxygens (including phenoxy) is 1. The molecule has 0 unspecified atom stereocenters. The molecule has 1 heterocycles. The monoisotopic (exact) mass is 290 g/mol. The topological polar surface area (TPSA) is 65.3 Å². The van der Waals surface area contributed by atoms with Crippen LogP contribution in [-0.4, -0.2) is 17.0 Å². The van der Waals surface area contributed by atoms with Crippen molar-refractivity contribution in [1.29, 1.82) is 0 Å². The number of nitro groups is 1. The van der Waals surface area contributed by atoms with Gasteiger partial charge in [-0.05, 0) is 12.5 Å². The summed E-state index contributed by atoms with van der Waals surface area (Å²) in [5.74, 6) is -0.662. The van der Waals surface area contributed by atoms with E-state index in [0.717, 1.165) is 18.2 Å². The van der Waals surface area contributed by atoms with Gasteiger partial charge in [-0.25, -0.2) is 4.39 Å². The van der Waals surface area contributed by atoms with Crippen molar-refractivity contribution in [3.05, 3.63) is 52.1 Å². The number of pyridine rings is 1. The van der Waals surface area contributed by atoms with Crippen LogP contribution >= 0.6 is 0 Å². The number of nitrogens with zero attached hydrogens (tertiary/aromatic N) is 2. The Morgan fingerprint density at radius 3 is 2.76 bits per heavy atom. The highest BCUT2D eigenvalue weighted by molar-refractivity contribution is 5.71. The van der Waals surface area contributed by atoms with Crippen molar-refractivity contribution in [1.82, 2.24) is 4.98 Å². The maximum atomic E-state index is 14.3. The molecule has 0 amide bonds. The second-order valence-corrected chi connectivity index (χ2v) is 4.51. The van der Waals surface area contributed by atoms with E-state index in [4.69, 9.17) is 4.74 Å². The summed E-state index contributed by atoms with van der Waals surface area (Å²) >= 11 is 0. The predicted octanol–water partition coefficient (Wildman–Crippen LogP) is 3.76. The summed E-state index contributed by atoms with van der Waals surface area (Å²) in [6.07, 6.45) is 3.16. The second kappa shape index (κ2) is 6.30. The number of aromatic nitrogens is 1. The third-order valence-corrected chi connectivity index (χ3v) is 3.13. The fourth-order valence-corrected chi connectivity index (χ4v) is 2.18. The Kier molecular flexibility index (Phi) is 4.47. The van der Waals surface area contributed by atoms with Gasteiger partial charge in [-0.1, -0.05) is 19.4 Å². The number of methoxy groups -OCH3 is 1. The van der Waals surface area contributed by atoms with Gasteiger partial charge in [-0.3, -0.25) is 15.1 Å². The lowest BCUT2D eigenvalue weighted by Gasteiger charge is -2.10. The Balaban J connectivity index is 2.64. The number of halogens is 1. The third kappa shape index (κ3) is 2.99. The van der Waals surface area contributed by atoms with Crippen LogP contribution in [0.3, 0.4) is 0 Å². The first-order valence-electron chi connectivity index (χ1n) is 6.54. The van der Waals surface area contributed by atoms with Gasteiger partial charge in [0.25, 0.3) is 0 Å². The van der Waals surface area contributed by atoms with Crippen LogP contribution in [0.25, 0.3) is 11.1 Å². The minimum Gasteiger partial charge on any atom is -0.490 e. The number of hydrogen-bond acceptors (Lipinski definition) is 4. The minimum absolute atomic E-state index is 0.0952. The van der Waals surface area contributed by atoms with Gasteiger partial charge in [0.15, 0.2) is 5.75 Å². The van der Waals surface area contributed by atoms with Crippen molar-refractivity contribution in [3.63, 3.8) is 0 Å². The Morgan fingerprint density at radius 1 is 1.38 bits per heavy atom. The predicted molar refractivity (Wildman–Crippen MR) is 76.8 cm³/mol. The second-order valence-electron chi connectivity index (χ2n) is 4.51. The Labute approximate surface area is 121 Å². The van der Waals surface area contributed by atoms with Gasteiger partial charge in [-0.2, -0.15) is 0 Å². The SMILES string of the molecule is CCCc1ncccc1-c1cc([N+](=O)[O-])c(OC)cc1F. The summed E-state index contributed by atoms with van der Waals surface area (Å²) in [5, 5.41) is 11.1. The van der Waals surface area contributed by atoms with Crippen LogP contribution in [0.5, 0.6) is 5.75 Å². The van der Waals surface area contributed by atoms with Crippen LogP contribution in [0.4, 0.5) is 10.1 Å². The number of hydrogen-bond donors (Lipinski definition) is 0. The molecule has 1 aromatic heterocycles. The van der Waals surface area contributed by atoms with Gasteiger partial charge >= 0.3 is 5.69 Å². The molecule has 0 aliphatic rings. The van der Waals surface area contributed by atoms with Crippen LogP contribution in [0, 0.1) is 15.9 Å². The van der Waals surface area contributed by atoms with Crippen molar-refractivity contribution >= 4 is 5.69 Å². The molecule has 0 atom stereocenters. The summed E-state index contributed by atoms with van der Waals surface area (Å²) < 4.78 is 19.1. The molecule has 2 rings (SSSR count). The number of benzene rings is 1. The fraction of sp³-hybridized carbons (Fsp3) is 0.267. The van der Waals surface area contributed by atoms with E-state index >= 15 is 0 Å². The number of aryl methyl sites for hydroxylation is 1. The Morgan fingerprint density at radius 2 is 2.14 bits per heavy atom. The zero-order valence-electron chi connectivity index (χ0n) is 11.8. The molecular formula is C15H15FN2O3. The van der Waals surface area contributed by atoms with E-state index < -0.39 is 10.7 Å². The molecule has 21 heavy (non-hydrogen) atoms. The Bertz CT molecular complexity index is 674. The smallest absolute Gasteiger partial charge is 0.311 e. The van der Waals surface area contributed by atoms with Crippen molar-refractivity contribution in [2.45, 2.75) is 19.8 Å². The van der Waals surface area contributed by atoms with Crippen molar-refractivity contribution < 1.29 is 14.1 Å². The summed E-state index contributed by atoms with van der Waals surface area (Å²) in [4.78, 5) is 14.7. The summed E-state index contributed by atoms with van der Waals surface area (Å²) in [6, 6.07) is 5.64. The van der Waals surface area contributed by atoms with E-state index in [2.05, 4.69) is 4.98 Å². The summed E-state index contributed by atoms with van der Waals surface area (Å²) in [6.45, 7) is 1.99. The third-order valence-electron chi connectivity index (χ3n) is 3.13. The van der Waals surface area contributed by atoms with Gasteiger partial charge < -0.3 is 4.74 Å². The minimum atomic E-state index is -0.586. The van der Waals surface area contributed by atoms with Gasteiger partial charge in [-0.15, -0.1) is 0 Å². The van der Waals surface area contributed by atoms with E-state index in [1.807, 2.05) is 6.92 Å². The van der Waals surface area contributed by atoms with Crippen LogP contribution in [0.1, 0.15) is 19.0 Å². The number of rotatable bonds is 5. The van der Waals surface area contributed by atoms with Crippen molar-refractivity contribution in [3.8, 4) is 16.9 Å². The molecule has 5 nitrogen and oxygen atoms in total. The highest BCUT2D eigenvalue weighted by Gasteiger charge is 2.21. The molecule has 1 aromatic carbocycles. The van der Waals surface area contributed by atoms with E-state index in [9.17, 15) is 14.5 Å². The lowest BCUT2D eigenvalue weighted by Crippen LogP contribution is -1.99. The zero-order valence-corrected chi connectivity index (χ0v) is 11.8. The van der Waals surface area contributed by atoms with Crippen molar-refractivity contribution in [2.75, 3.05) is 7.11 Å². The van der Waals surface area contributed by atoms with Gasteiger partial charge in [0, 0.05) is 35.2 Å². The quantitative estimate of drug-likeness (QED) is 0.621. The molecule has 6 heteroatoms. The van der Waals surface area contributed by atoms with E-state index in [-0.39, 0.29) is 17.0 Å². The summed E-state index contributed by atoms with van der Waals surface area (Å²) in [7, 11) is 1.27. The van der Waals surface area contributed by atoms with E-state index in [1.165, 1.54) is 13.2 Å². The molecule has 0 spiro atoms. The molecule has 0 saturated heterocycles. The molecule has 0 radical (unpaired) electrons. The van der Waals surface area contributed by atoms with Crippen LogP contribution in [-0.2, 0) is 6.42 Å². The molecule has 110 valence electrons. The fourth-order valence-electron chi connectivity index (χ4n) is 2.18. The highest BCUT2D eigenvalue weighted by atomic mass is 19.1. The maximum Gasteiger partial charge on any atom is 0.311 e.